The molecule has 0 aliphatic heterocycles. The standard InChI is InChI=1S/C21H22FN5O.ClH/c22-14-5-3-4-13(12-14)19-26-17-18(23)24-16(8-11-21(28)9-1-2-10-21)25-20(17)27(19)15-6-7-15;/h3-5,8,11-12,15,28H,1-2,6-7,9-10H2,(H2,23,24,25);1H. The van der Waals surface area contributed by atoms with Gasteiger partial charge in [-0.25, -0.2) is 19.3 Å². The quantitative estimate of drug-likeness (QED) is 0.663. The summed E-state index contributed by atoms with van der Waals surface area (Å²) in [5.74, 6) is 1.10. The fourth-order valence-electron chi connectivity index (χ4n) is 3.98. The summed E-state index contributed by atoms with van der Waals surface area (Å²) in [6.07, 6.45) is 9.14. The van der Waals surface area contributed by atoms with Gasteiger partial charge in [0.05, 0.1) is 5.60 Å². The van der Waals surface area contributed by atoms with Gasteiger partial charge in [-0.2, -0.15) is 0 Å². The summed E-state index contributed by atoms with van der Waals surface area (Å²) in [6, 6.07) is 6.68. The minimum atomic E-state index is -0.781. The number of nitrogens with two attached hydrogens (primary N) is 1. The van der Waals surface area contributed by atoms with E-state index in [0.717, 1.165) is 38.5 Å². The van der Waals surface area contributed by atoms with Crippen LogP contribution in [0.1, 0.15) is 50.4 Å². The van der Waals surface area contributed by atoms with Crippen molar-refractivity contribution < 1.29 is 9.50 Å². The van der Waals surface area contributed by atoms with Crippen LogP contribution < -0.4 is 5.73 Å². The molecule has 0 unspecified atom stereocenters. The molecule has 3 N–H and O–H groups in total. The number of aromatic nitrogens is 4. The molecular formula is C21H23ClFN5O. The van der Waals surface area contributed by atoms with Crippen molar-refractivity contribution in [1.29, 1.82) is 0 Å². The zero-order valence-electron chi connectivity index (χ0n) is 15.9. The van der Waals surface area contributed by atoms with Gasteiger partial charge in [-0.05, 0) is 50.0 Å². The Bertz CT molecular complexity index is 1090. The highest BCUT2D eigenvalue weighted by Crippen LogP contribution is 2.41. The fraction of sp³-hybridized carbons (Fsp3) is 0.381. The van der Waals surface area contributed by atoms with E-state index in [1.54, 1.807) is 18.2 Å². The highest BCUT2D eigenvalue weighted by molar-refractivity contribution is 5.86. The van der Waals surface area contributed by atoms with Crippen molar-refractivity contribution in [2.24, 2.45) is 0 Å². The van der Waals surface area contributed by atoms with E-state index in [4.69, 9.17) is 5.73 Å². The van der Waals surface area contributed by atoms with Crippen LogP contribution in [0, 0.1) is 5.82 Å². The molecule has 0 bridgehead atoms. The second-order valence-corrected chi connectivity index (χ2v) is 7.83. The Kier molecular flexibility index (Phi) is 5.04. The smallest absolute Gasteiger partial charge is 0.166 e. The van der Waals surface area contributed by atoms with Crippen molar-refractivity contribution >= 4 is 35.5 Å². The van der Waals surface area contributed by atoms with Crippen LogP contribution in [0.25, 0.3) is 28.6 Å². The monoisotopic (exact) mass is 415 g/mol. The normalized spacial score (nSPS) is 18.4. The molecule has 0 saturated heterocycles. The summed E-state index contributed by atoms with van der Waals surface area (Å²) in [6.45, 7) is 0. The fourth-order valence-corrected chi connectivity index (χ4v) is 3.98. The molecule has 0 radical (unpaired) electrons. The van der Waals surface area contributed by atoms with Gasteiger partial charge in [0.15, 0.2) is 22.8 Å². The van der Waals surface area contributed by atoms with Crippen LogP contribution in [-0.4, -0.2) is 30.2 Å². The third-order valence-electron chi connectivity index (χ3n) is 5.59. The first-order valence-corrected chi connectivity index (χ1v) is 9.75. The number of benzene rings is 1. The Morgan fingerprint density at radius 3 is 2.62 bits per heavy atom. The first-order chi connectivity index (χ1) is 13.5. The summed E-state index contributed by atoms with van der Waals surface area (Å²) < 4.78 is 15.8. The molecule has 2 heterocycles. The van der Waals surface area contributed by atoms with Gasteiger partial charge in [-0.3, -0.25) is 0 Å². The lowest BCUT2D eigenvalue weighted by Gasteiger charge is -2.16. The maximum absolute atomic E-state index is 13.8. The zero-order valence-corrected chi connectivity index (χ0v) is 16.7. The summed E-state index contributed by atoms with van der Waals surface area (Å²) in [5.41, 5.74) is 7.29. The van der Waals surface area contributed by atoms with Crippen molar-refractivity contribution in [1.82, 2.24) is 19.5 Å². The van der Waals surface area contributed by atoms with E-state index in [2.05, 4.69) is 15.0 Å². The Balaban J connectivity index is 0.00000205. The van der Waals surface area contributed by atoms with Gasteiger partial charge in [-0.1, -0.05) is 25.0 Å². The number of aliphatic hydroxyl groups is 1. The number of imidazole rings is 1. The van der Waals surface area contributed by atoms with Gasteiger partial charge in [0.2, 0.25) is 0 Å². The number of fused-ring (bicyclic) bond motifs is 1. The summed E-state index contributed by atoms with van der Waals surface area (Å²) in [7, 11) is 0. The second-order valence-electron chi connectivity index (χ2n) is 7.83. The van der Waals surface area contributed by atoms with E-state index in [0.29, 0.717) is 34.2 Å². The number of nitrogens with zero attached hydrogens (tertiary/aromatic N) is 4. The van der Waals surface area contributed by atoms with Gasteiger partial charge in [0.1, 0.15) is 11.6 Å². The molecular weight excluding hydrogens is 393 g/mol. The van der Waals surface area contributed by atoms with Crippen LogP contribution in [0.3, 0.4) is 0 Å². The number of halogens is 2. The van der Waals surface area contributed by atoms with Crippen LogP contribution in [0.4, 0.5) is 10.2 Å². The van der Waals surface area contributed by atoms with E-state index in [9.17, 15) is 9.50 Å². The van der Waals surface area contributed by atoms with Gasteiger partial charge in [0.25, 0.3) is 0 Å². The zero-order chi connectivity index (χ0) is 19.3. The molecule has 2 aliphatic carbocycles. The lowest BCUT2D eigenvalue weighted by Crippen LogP contribution is -2.19. The van der Waals surface area contributed by atoms with Crippen molar-refractivity contribution in [2.75, 3.05) is 5.73 Å². The van der Waals surface area contributed by atoms with E-state index >= 15 is 0 Å². The van der Waals surface area contributed by atoms with Crippen LogP contribution in [0.2, 0.25) is 0 Å². The first-order valence-electron chi connectivity index (χ1n) is 9.75. The lowest BCUT2D eigenvalue weighted by atomic mass is 10.0. The molecule has 2 fully saturated rings. The lowest BCUT2D eigenvalue weighted by molar-refractivity contribution is 0.100. The molecule has 3 aromatic rings. The maximum Gasteiger partial charge on any atom is 0.166 e. The van der Waals surface area contributed by atoms with Gasteiger partial charge in [-0.15, -0.1) is 12.4 Å². The summed E-state index contributed by atoms with van der Waals surface area (Å²) >= 11 is 0. The number of hydrogen-bond donors (Lipinski definition) is 2. The van der Waals surface area contributed by atoms with Crippen LogP contribution >= 0.6 is 12.4 Å². The highest BCUT2D eigenvalue weighted by Gasteiger charge is 2.31. The maximum atomic E-state index is 13.8. The van der Waals surface area contributed by atoms with E-state index in [-0.39, 0.29) is 24.3 Å². The number of rotatable bonds is 4. The minimum Gasteiger partial charge on any atom is -0.386 e. The molecule has 8 heteroatoms. The van der Waals surface area contributed by atoms with Crippen LogP contribution in [-0.2, 0) is 0 Å². The molecule has 2 saturated carbocycles. The number of nitrogen functional groups attached to an aromatic ring is 1. The van der Waals surface area contributed by atoms with Crippen molar-refractivity contribution in [3.05, 3.63) is 42.0 Å². The Morgan fingerprint density at radius 1 is 1.17 bits per heavy atom. The van der Waals surface area contributed by atoms with E-state index < -0.39 is 5.60 Å². The van der Waals surface area contributed by atoms with Crippen molar-refractivity contribution in [2.45, 2.75) is 50.2 Å². The van der Waals surface area contributed by atoms with E-state index in [1.165, 1.54) is 12.1 Å². The van der Waals surface area contributed by atoms with Gasteiger partial charge in [0, 0.05) is 11.6 Å². The summed E-state index contributed by atoms with van der Waals surface area (Å²) in [5, 5.41) is 10.5. The van der Waals surface area contributed by atoms with Crippen molar-refractivity contribution in [3.8, 4) is 11.4 Å². The average Bonchev–Trinajstić information content (AvgIpc) is 3.29. The SMILES string of the molecule is Cl.Nc1nc(C=CC2(O)CCCC2)nc2c1nc(-c1cccc(F)c1)n2C1CC1. The summed E-state index contributed by atoms with van der Waals surface area (Å²) in [4.78, 5) is 13.7. The molecule has 29 heavy (non-hydrogen) atoms. The molecule has 1 aromatic carbocycles. The minimum absolute atomic E-state index is 0. The third-order valence-corrected chi connectivity index (χ3v) is 5.59. The Hall–Kier alpha value is -2.51. The van der Waals surface area contributed by atoms with E-state index in [1.807, 2.05) is 10.6 Å². The predicted molar refractivity (Wildman–Crippen MR) is 113 cm³/mol. The van der Waals surface area contributed by atoms with Gasteiger partial charge < -0.3 is 15.4 Å². The molecule has 152 valence electrons. The molecule has 0 atom stereocenters. The molecule has 2 aliphatic rings. The van der Waals surface area contributed by atoms with Crippen LogP contribution in [0.5, 0.6) is 0 Å². The molecule has 5 rings (SSSR count). The Labute approximate surface area is 174 Å². The highest BCUT2D eigenvalue weighted by atomic mass is 35.5. The average molecular weight is 416 g/mol. The molecule has 0 amide bonds. The topological polar surface area (TPSA) is 89.8 Å². The largest absolute Gasteiger partial charge is 0.386 e. The Morgan fingerprint density at radius 2 is 1.93 bits per heavy atom. The van der Waals surface area contributed by atoms with Gasteiger partial charge >= 0.3 is 0 Å². The molecule has 0 spiro atoms. The predicted octanol–water partition coefficient (Wildman–Crippen LogP) is 4.29. The van der Waals surface area contributed by atoms with Crippen LogP contribution in [0.15, 0.2) is 30.3 Å². The molecule has 6 nitrogen and oxygen atoms in total. The number of hydrogen-bond acceptors (Lipinski definition) is 5. The molecule has 2 aromatic heterocycles. The second kappa shape index (κ2) is 7.39. The number of anilines is 1. The first kappa shape index (κ1) is 19.8. The third kappa shape index (κ3) is 3.72. The van der Waals surface area contributed by atoms with Crippen molar-refractivity contribution in [3.63, 3.8) is 0 Å².